The number of nitro benzene ring substituents is 1. The van der Waals surface area contributed by atoms with Crippen LogP contribution in [0.5, 0.6) is 0 Å². The fourth-order valence-corrected chi connectivity index (χ4v) is 6.39. The molecule has 6 rings (SSSR count). The summed E-state index contributed by atoms with van der Waals surface area (Å²) >= 11 is 0. The smallest absolute Gasteiger partial charge is 0.335 e. The summed E-state index contributed by atoms with van der Waals surface area (Å²) in [6.07, 6.45) is -4.32. The third-order valence-electron chi connectivity index (χ3n) is 9.10. The molecular formula is C42H41NO9. The quantitative estimate of drug-likeness (QED) is 0.0801. The Balaban J connectivity index is 1.43. The zero-order valence-electron chi connectivity index (χ0n) is 28.7. The van der Waals surface area contributed by atoms with Crippen molar-refractivity contribution in [3.05, 3.63) is 183 Å². The van der Waals surface area contributed by atoms with Gasteiger partial charge >= 0.3 is 5.97 Å². The number of ether oxygens (including phenoxy) is 5. The largest absolute Gasteiger partial charge is 0.478 e. The van der Waals surface area contributed by atoms with Gasteiger partial charge in [-0.2, -0.15) is 0 Å². The van der Waals surface area contributed by atoms with E-state index in [1.54, 1.807) is 6.92 Å². The van der Waals surface area contributed by atoms with Crippen LogP contribution < -0.4 is 0 Å². The van der Waals surface area contributed by atoms with Crippen molar-refractivity contribution in [1.29, 1.82) is 0 Å². The van der Waals surface area contributed by atoms with Gasteiger partial charge in [-0.25, -0.2) is 4.79 Å². The van der Waals surface area contributed by atoms with Gasteiger partial charge in [0.15, 0.2) is 6.29 Å². The van der Waals surface area contributed by atoms with E-state index in [0.29, 0.717) is 0 Å². The molecule has 6 atom stereocenters. The molecule has 5 aromatic rings. The highest BCUT2D eigenvalue weighted by atomic mass is 16.7. The van der Waals surface area contributed by atoms with E-state index >= 15 is 0 Å². The number of carbonyl (C=O) groups is 1. The molecule has 1 heterocycles. The number of carboxylic acids is 1. The first kappa shape index (κ1) is 36.6. The molecule has 5 aromatic carbocycles. The predicted molar refractivity (Wildman–Crippen MR) is 193 cm³/mol. The second-order valence-electron chi connectivity index (χ2n) is 12.7. The lowest BCUT2D eigenvalue weighted by atomic mass is 9.84. The second-order valence-corrected chi connectivity index (χ2v) is 12.7. The van der Waals surface area contributed by atoms with E-state index in [4.69, 9.17) is 23.7 Å². The Hall–Kier alpha value is -5.23. The average molecular weight is 704 g/mol. The van der Waals surface area contributed by atoms with Crippen molar-refractivity contribution in [2.24, 2.45) is 0 Å². The second kappa shape index (κ2) is 17.8. The van der Waals surface area contributed by atoms with Crippen molar-refractivity contribution in [2.75, 3.05) is 0 Å². The van der Waals surface area contributed by atoms with Crippen LogP contribution in [-0.4, -0.2) is 46.7 Å². The number of rotatable bonds is 16. The lowest BCUT2D eigenvalue weighted by Crippen LogP contribution is -2.61. The molecule has 1 aliphatic heterocycles. The first-order valence-corrected chi connectivity index (χ1v) is 17.2. The van der Waals surface area contributed by atoms with Crippen LogP contribution in [0.1, 0.15) is 51.0 Å². The number of carboxylic acid groups (broad SMARTS) is 1. The molecule has 1 fully saturated rings. The molecule has 10 nitrogen and oxygen atoms in total. The minimum Gasteiger partial charge on any atom is -0.478 e. The van der Waals surface area contributed by atoms with E-state index in [1.807, 2.05) is 121 Å². The van der Waals surface area contributed by atoms with Crippen LogP contribution in [0.2, 0.25) is 0 Å². The molecule has 1 saturated heterocycles. The molecule has 1 N–H and O–H groups in total. The lowest BCUT2D eigenvalue weighted by Gasteiger charge is -2.47. The van der Waals surface area contributed by atoms with Gasteiger partial charge in [-0.05, 0) is 33.9 Å². The molecule has 0 radical (unpaired) electrons. The summed E-state index contributed by atoms with van der Waals surface area (Å²) in [5.41, 5.74) is 3.60. The van der Waals surface area contributed by atoms with Gasteiger partial charge in [-0.15, -0.1) is 0 Å². The van der Waals surface area contributed by atoms with Crippen LogP contribution >= 0.6 is 0 Å². The number of hydrogen-bond acceptors (Lipinski definition) is 8. The Morgan fingerprint density at radius 2 is 1.08 bits per heavy atom. The zero-order valence-corrected chi connectivity index (χ0v) is 28.7. The molecule has 0 amide bonds. The maximum Gasteiger partial charge on any atom is 0.335 e. The van der Waals surface area contributed by atoms with Crippen LogP contribution in [0.3, 0.4) is 0 Å². The van der Waals surface area contributed by atoms with Gasteiger partial charge in [-0.3, -0.25) is 10.1 Å². The molecule has 52 heavy (non-hydrogen) atoms. The lowest BCUT2D eigenvalue weighted by molar-refractivity contribution is -0.385. The van der Waals surface area contributed by atoms with Gasteiger partial charge in [-0.1, -0.05) is 128 Å². The molecule has 1 aliphatic rings. The van der Waals surface area contributed by atoms with Crippen LogP contribution in [0.4, 0.5) is 5.69 Å². The molecule has 0 bridgehead atoms. The standard InChI is InChI=1S/C42H41NO9/c1-29(36-24-34(43(46)47)22-23-35(36)41(44)45)37-38(48-25-30-14-6-2-7-15-30)39(49-26-31-16-8-3-9-17-31)40(50-27-32-18-10-4-11-19-32)42(52-37)51-28-33-20-12-5-13-21-33/h2-24,29,37-40,42H,25-28H2,1H3,(H,44,45)/t29-,37-,38+,39+,40+,42+/m1/s1. The first-order valence-electron chi connectivity index (χ1n) is 17.2. The first-order chi connectivity index (χ1) is 25.4. The number of aromatic carboxylic acids is 1. The van der Waals surface area contributed by atoms with Gasteiger partial charge in [0.05, 0.1) is 43.0 Å². The highest BCUT2D eigenvalue weighted by Gasteiger charge is 2.51. The Bertz CT molecular complexity index is 1880. The number of nitro groups is 1. The van der Waals surface area contributed by atoms with Crippen LogP contribution in [-0.2, 0) is 50.1 Å². The maximum absolute atomic E-state index is 12.5. The van der Waals surface area contributed by atoms with Crippen molar-refractivity contribution in [3.63, 3.8) is 0 Å². The van der Waals surface area contributed by atoms with E-state index in [9.17, 15) is 20.0 Å². The van der Waals surface area contributed by atoms with Crippen molar-refractivity contribution in [3.8, 4) is 0 Å². The molecule has 268 valence electrons. The molecule has 0 aromatic heterocycles. The molecular weight excluding hydrogens is 662 g/mol. The topological polar surface area (TPSA) is 127 Å². The molecule has 0 saturated carbocycles. The number of non-ortho nitro benzene ring substituents is 1. The summed E-state index contributed by atoms with van der Waals surface area (Å²) in [6.45, 7) is 2.60. The van der Waals surface area contributed by atoms with Gasteiger partial charge in [0, 0.05) is 18.1 Å². The summed E-state index contributed by atoms with van der Waals surface area (Å²) in [7, 11) is 0. The fourth-order valence-electron chi connectivity index (χ4n) is 6.39. The fraction of sp³-hybridized carbons (Fsp3) is 0.262. The Morgan fingerprint density at radius 1 is 0.654 bits per heavy atom. The van der Waals surface area contributed by atoms with E-state index in [0.717, 1.165) is 22.3 Å². The minimum atomic E-state index is -1.22. The third kappa shape index (κ3) is 9.35. The predicted octanol–water partition coefficient (Wildman–Crippen LogP) is 8.09. The number of nitrogens with zero attached hydrogens (tertiary/aromatic N) is 1. The molecule has 0 unspecified atom stereocenters. The van der Waals surface area contributed by atoms with Gasteiger partial charge in [0.1, 0.15) is 18.3 Å². The van der Waals surface area contributed by atoms with Gasteiger partial charge in [0.2, 0.25) is 0 Å². The van der Waals surface area contributed by atoms with Crippen molar-refractivity contribution in [2.45, 2.75) is 70.0 Å². The van der Waals surface area contributed by atoms with Crippen molar-refractivity contribution >= 4 is 11.7 Å². The highest BCUT2D eigenvalue weighted by Crippen LogP contribution is 2.39. The third-order valence-corrected chi connectivity index (χ3v) is 9.10. The molecule has 10 heteroatoms. The van der Waals surface area contributed by atoms with Crippen LogP contribution in [0.15, 0.2) is 140 Å². The molecule has 0 aliphatic carbocycles. The van der Waals surface area contributed by atoms with E-state index in [-0.39, 0.29) is 43.2 Å². The van der Waals surface area contributed by atoms with Gasteiger partial charge in [0.25, 0.3) is 5.69 Å². The summed E-state index contributed by atoms with van der Waals surface area (Å²) in [5, 5.41) is 22.1. The minimum absolute atomic E-state index is 0.0746. The SMILES string of the molecule is C[C@H](c1cc([N+](=O)[O-])ccc1C(=O)O)[C@H]1O[C@H](OCc2ccccc2)[C@@H](OCc2ccccc2)[C@@H](OCc2ccccc2)[C@H]1OCc1ccccc1. The zero-order chi connectivity index (χ0) is 36.3. The van der Waals surface area contributed by atoms with E-state index in [2.05, 4.69) is 0 Å². The normalized spacial score (nSPS) is 20.6. The Morgan fingerprint density at radius 3 is 1.52 bits per heavy atom. The van der Waals surface area contributed by atoms with E-state index in [1.165, 1.54) is 18.2 Å². The molecule has 0 spiro atoms. The summed E-state index contributed by atoms with van der Waals surface area (Å²) in [6, 6.07) is 42.5. The average Bonchev–Trinajstić information content (AvgIpc) is 3.18. The monoisotopic (exact) mass is 703 g/mol. The number of benzene rings is 5. The highest BCUT2D eigenvalue weighted by molar-refractivity contribution is 5.90. The van der Waals surface area contributed by atoms with Crippen LogP contribution in [0.25, 0.3) is 0 Å². The summed E-state index contributed by atoms with van der Waals surface area (Å²) in [4.78, 5) is 23.8. The van der Waals surface area contributed by atoms with Gasteiger partial charge < -0.3 is 28.8 Å². The Labute approximate surface area is 302 Å². The maximum atomic E-state index is 12.5. The van der Waals surface area contributed by atoms with Crippen molar-refractivity contribution < 1.29 is 38.5 Å². The Kier molecular flexibility index (Phi) is 12.5. The van der Waals surface area contributed by atoms with Crippen molar-refractivity contribution in [1.82, 2.24) is 0 Å². The number of hydrogen-bond donors (Lipinski definition) is 1. The van der Waals surface area contributed by atoms with E-state index < -0.39 is 47.5 Å². The summed E-state index contributed by atoms with van der Waals surface area (Å²) in [5.74, 6) is -1.94. The summed E-state index contributed by atoms with van der Waals surface area (Å²) < 4.78 is 33.5. The van der Waals surface area contributed by atoms with Crippen LogP contribution in [0, 0.1) is 10.1 Å².